The van der Waals surface area contributed by atoms with Crippen LogP contribution in [-0.4, -0.2) is 37.4 Å². The maximum Gasteiger partial charge on any atom is 0.422 e. The molecule has 2 heterocycles. The molecule has 2 aromatic rings. The van der Waals surface area contributed by atoms with E-state index in [1.54, 1.807) is 45.0 Å². The fourth-order valence-electron chi connectivity index (χ4n) is 3.60. The van der Waals surface area contributed by atoms with Gasteiger partial charge in [-0.15, -0.1) is 0 Å². The number of imide groups is 1. The lowest BCUT2D eigenvalue weighted by Gasteiger charge is -2.37. The van der Waals surface area contributed by atoms with Gasteiger partial charge in [-0.05, 0) is 57.2 Å². The van der Waals surface area contributed by atoms with Gasteiger partial charge in [-0.3, -0.25) is 4.79 Å². The Morgan fingerprint density at radius 2 is 1.97 bits per heavy atom. The van der Waals surface area contributed by atoms with E-state index in [0.29, 0.717) is 53.0 Å². The fourth-order valence-corrected chi connectivity index (χ4v) is 4.14. The molecule has 4 rings (SSSR count). The SMILES string of the molecule is CC1(COc2ccc(Br)cc2C=C2C(=O)N(C(=O)OC(C)(C)C)c3cc(Cl)ccc32)COC1. The van der Waals surface area contributed by atoms with E-state index in [9.17, 15) is 9.59 Å². The molecule has 0 saturated carbocycles. The van der Waals surface area contributed by atoms with Gasteiger partial charge >= 0.3 is 6.09 Å². The van der Waals surface area contributed by atoms with Crippen molar-refractivity contribution in [1.29, 1.82) is 0 Å². The van der Waals surface area contributed by atoms with Crippen LogP contribution < -0.4 is 9.64 Å². The van der Waals surface area contributed by atoms with Crippen molar-refractivity contribution in [1.82, 2.24) is 0 Å². The van der Waals surface area contributed by atoms with E-state index in [2.05, 4.69) is 22.9 Å². The van der Waals surface area contributed by atoms with E-state index in [1.165, 1.54) is 0 Å². The van der Waals surface area contributed by atoms with E-state index >= 15 is 0 Å². The van der Waals surface area contributed by atoms with Crippen molar-refractivity contribution >= 4 is 56.9 Å². The molecule has 0 spiro atoms. The highest BCUT2D eigenvalue weighted by molar-refractivity contribution is 9.10. The number of carbonyl (C=O) groups excluding carboxylic acids is 2. The molecule has 2 amide bonds. The van der Waals surface area contributed by atoms with Crippen LogP contribution >= 0.6 is 27.5 Å². The largest absolute Gasteiger partial charge is 0.492 e. The maximum absolute atomic E-state index is 13.4. The van der Waals surface area contributed by atoms with Crippen LogP contribution in [0, 0.1) is 5.41 Å². The Labute approximate surface area is 206 Å². The van der Waals surface area contributed by atoms with Gasteiger partial charge < -0.3 is 14.2 Å². The second-order valence-corrected chi connectivity index (χ2v) is 11.0. The van der Waals surface area contributed by atoms with Gasteiger partial charge in [0, 0.05) is 26.0 Å². The first-order valence-electron chi connectivity index (χ1n) is 10.5. The summed E-state index contributed by atoms with van der Waals surface area (Å²) in [5, 5.41) is 0.416. The highest BCUT2D eigenvalue weighted by Gasteiger charge is 2.39. The average molecular weight is 535 g/mol. The predicted molar refractivity (Wildman–Crippen MR) is 132 cm³/mol. The first kappa shape index (κ1) is 23.8. The van der Waals surface area contributed by atoms with Crippen LogP contribution in [0.1, 0.15) is 38.8 Å². The lowest BCUT2D eigenvalue weighted by Crippen LogP contribution is -2.44. The number of anilines is 1. The molecule has 2 aromatic carbocycles. The van der Waals surface area contributed by atoms with Crippen molar-refractivity contribution in [3.8, 4) is 5.75 Å². The topological polar surface area (TPSA) is 65.1 Å². The first-order valence-corrected chi connectivity index (χ1v) is 11.7. The fraction of sp³-hybridized carbons (Fsp3) is 0.360. The number of hydrogen-bond donors (Lipinski definition) is 0. The Bertz CT molecular complexity index is 1150. The molecule has 2 aliphatic heterocycles. The summed E-state index contributed by atoms with van der Waals surface area (Å²) in [5.74, 6) is 0.157. The van der Waals surface area contributed by atoms with Gasteiger partial charge in [-0.25, -0.2) is 9.69 Å². The molecule has 0 aromatic heterocycles. The molecule has 174 valence electrons. The number of carbonyl (C=O) groups is 2. The summed E-state index contributed by atoms with van der Waals surface area (Å²) in [6.07, 6.45) is 0.988. The van der Waals surface area contributed by atoms with Gasteiger partial charge in [-0.2, -0.15) is 0 Å². The quantitative estimate of drug-likeness (QED) is 0.428. The molecule has 2 aliphatic rings. The normalized spacial score (nSPS) is 18.2. The molecule has 0 aliphatic carbocycles. The van der Waals surface area contributed by atoms with Crippen molar-refractivity contribution in [3.63, 3.8) is 0 Å². The summed E-state index contributed by atoms with van der Waals surface area (Å²) >= 11 is 9.68. The minimum atomic E-state index is -0.755. The minimum Gasteiger partial charge on any atom is -0.492 e. The molecular formula is C25H25BrClNO5. The van der Waals surface area contributed by atoms with Crippen LogP contribution in [0.3, 0.4) is 0 Å². The zero-order chi connectivity index (χ0) is 24.0. The van der Waals surface area contributed by atoms with E-state index in [4.69, 9.17) is 25.8 Å². The van der Waals surface area contributed by atoms with Crippen molar-refractivity contribution in [2.45, 2.75) is 33.3 Å². The minimum absolute atomic E-state index is 0.0302. The lowest BCUT2D eigenvalue weighted by molar-refractivity contribution is -0.120. The Hall–Kier alpha value is -2.35. The summed E-state index contributed by atoms with van der Waals surface area (Å²) in [4.78, 5) is 27.3. The summed E-state index contributed by atoms with van der Waals surface area (Å²) in [6, 6.07) is 10.6. The average Bonchev–Trinajstić information content (AvgIpc) is 2.95. The number of benzene rings is 2. The standard InChI is InChI=1S/C25H25BrClNO5/c1-24(2,3)33-23(30)28-20-11-17(27)6-7-18(20)19(22(28)29)10-15-9-16(26)5-8-21(15)32-14-25(4)12-31-13-25/h5-11H,12-14H2,1-4H3. The van der Waals surface area contributed by atoms with Crippen LogP contribution in [0.25, 0.3) is 11.6 Å². The molecule has 0 atom stereocenters. The van der Waals surface area contributed by atoms with Gasteiger partial charge in [0.25, 0.3) is 5.91 Å². The Morgan fingerprint density at radius 3 is 2.61 bits per heavy atom. The first-order chi connectivity index (χ1) is 15.5. The number of nitrogens with zero attached hydrogens (tertiary/aromatic N) is 1. The highest BCUT2D eigenvalue weighted by Crippen LogP contribution is 2.41. The maximum atomic E-state index is 13.4. The van der Waals surface area contributed by atoms with Crippen molar-refractivity contribution in [2.75, 3.05) is 24.7 Å². The molecule has 6 nitrogen and oxygen atoms in total. The van der Waals surface area contributed by atoms with E-state index < -0.39 is 17.6 Å². The van der Waals surface area contributed by atoms with E-state index in [1.807, 2.05) is 18.2 Å². The summed E-state index contributed by atoms with van der Waals surface area (Å²) in [6.45, 7) is 9.15. The van der Waals surface area contributed by atoms with Gasteiger partial charge in [0.05, 0.1) is 31.1 Å². The molecule has 1 fully saturated rings. The Balaban J connectivity index is 1.73. The molecular weight excluding hydrogens is 510 g/mol. The second kappa shape index (κ2) is 8.78. The van der Waals surface area contributed by atoms with Crippen LogP contribution in [0.5, 0.6) is 5.75 Å². The molecule has 0 N–H and O–H groups in total. The number of fused-ring (bicyclic) bond motifs is 1. The predicted octanol–water partition coefficient (Wildman–Crippen LogP) is 6.34. The zero-order valence-corrected chi connectivity index (χ0v) is 21.2. The number of halogens is 2. The summed E-state index contributed by atoms with van der Waals surface area (Å²) < 4.78 is 17.7. The second-order valence-electron chi connectivity index (χ2n) is 9.61. The van der Waals surface area contributed by atoms with Crippen LogP contribution in [-0.2, 0) is 14.3 Å². The van der Waals surface area contributed by atoms with Gasteiger partial charge in [0.1, 0.15) is 11.4 Å². The van der Waals surface area contributed by atoms with Crippen molar-refractivity contribution < 1.29 is 23.8 Å². The molecule has 0 radical (unpaired) electrons. The highest BCUT2D eigenvalue weighted by atomic mass is 79.9. The Morgan fingerprint density at radius 1 is 1.24 bits per heavy atom. The third-order valence-electron chi connectivity index (χ3n) is 5.25. The monoisotopic (exact) mass is 533 g/mol. The van der Waals surface area contributed by atoms with Crippen LogP contribution in [0.2, 0.25) is 5.02 Å². The third-order valence-corrected chi connectivity index (χ3v) is 5.98. The number of hydrogen-bond acceptors (Lipinski definition) is 5. The molecule has 8 heteroatoms. The molecule has 0 unspecified atom stereocenters. The smallest absolute Gasteiger partial charge is 0.422 e. The van der Waals surface area contributed by atoms with Crippen LogP contribution in [0.4, 0.5) is 10.5 Å². The van der Waals surface area contributed by atoms with Crippen molar-refractivity contribution in [3.05, 3.63) is 57.0 Å². The number of ether oxygens (including phenoxy) is 3. The van der Waals surface area contributed by atoms with Gasteiger partial charge in [0.15, 0.2) is 0 Å². The molecule has 33 heavy (non-hydrogen) atoms. The molecule has 1 saturated heterocycles. The zero-order valence-electron chi connectivity index (χ0n) is 18.9. The number of rotatable bonds is 4. The van der Waals surface area contributed by atoms with Gasteiger partial charge in [-0.1, -0.05) is 40.5 Å². The summed E-state index contributed by atoms with van der Waals surface area (Å²) in [7, 11) is 0. The lowest BCUT2D eigenvalue weighted by atomic mass is 9.90. The van der Waals surface area contributed by atoms with Crippen molar-refractivity contribution in [2.24, 2.45) is 5.41 Å². The van der Waals surface area contributed by atoms with Crippen LogP contribution in [0.15, 0.2) is 40.9 Å². The number of amides is 2. The van der Waals surface area contributed by atoms with E-state index in [0.717, 1.165) is 9.37 Å². The molecule has 0 bridgehead atoms. The Kier molecular flexibility index (Phi) is 6.33. The van der Waals surface area contributed by atoms with E-state index in [-0.39, 0.29) is 5.41 Å². The summed E-state index contributed by atoms with van der Waals surface area (Å²) in [5.41, 5.74) is 1.27. The van der Waals surface area contributed by atoms with Gasteiger partial charge in [0.2, 0.25) is 0 Å². The third kappa shape index (κ3) is 5.10.